The molecule has 2 aliphatic rings. The van der Waals surface area contributed by atoms with Crippen LogP contribution < -0.4 is 10.6 Å². The zero-order valence-corrected chi connectivity index (χ0v) is 17.1. The molecule has 3 rings (SSSR count). The zero-order valence-electron chi connectivity index (χ0n) is 16.3. The molecule has 2 N–H and O–H groups in total. The maximum absolute atomic E-state index is 12.6. The quantitative estimate of drug-likeness (QED) is 0.779. The second kappa shape index (κ2) is 8.71. The Kier molecular flexibility index (Phi) is 6.55. The summed E-state index contributed by atoms with van der Waals surface area (Å²) in [5, 5.41) is 6.33. The predicted molar refractivity (Wildman–Crippen MR) is 107 cm³/mol. The van der Waals surface area contributed by atoms with Crippen molar-refractivity contribution in [2.75, 3.05) is 18.4 Å². The van der Waals surface area contributed by atoms with Crippen LogP contribution in [0.4, 0.5) is 5.69 Å². The molecule has 2 fully saturated rings. The van der Waals surface area contributed by atoms with Crippen molar-refractivity contribution in [1.29, 1.82) is 0 Å². The van der Waals surface area contributed by atoms with E-state index in [0.717, 1.165) is 19.3 Å². The third-order valence-corrected chi connectivity index (χ3v) is 7.71. The van der Waals surface area contributed by atoms with E-state index >= 15 is 0 Å². The predicted octanol–water partition coefficient (Wildman–Crippen LogP) is 2.97. The first-order valence-corrected chi connectivity index (χ1v) is 11.5. The van der Waals surface area contributed by atoms with Gasteiger partial charge in [0, 0.05) is 24.8 Å². The van der Waals surface area contributed by atoms with E-state index in [-0.39, 0.29) is 16.8 Å². The Morgan fingerprint density at radius 1 is 1.07 bits per heavy atom. The molecule has 6 nitrogen and oxygen atoms in total. The zero-order chi connectivity index (χ0) is 19.4. The fourth-order valence-electron chi connectivity index (χ4n) is 4.00. The van der Waals surface area contributed by atoms with E-state index in [2.05, 4.69) is 17.6 Å². The van der Waals surface area contributed by atoms with Gasteiger partial charge in [-0.15, -0.1) is 0 Å². The average Bonchev–Trinajstić information content (AvgIpc) is 3.19. The van der Waals surface area contributed by atoms with E-state index in [1.165, 1.54) is 23.6 Å². The molecular formula is C20H31N3O3S. The SMILES string of the molecule is C[C@H](N[C@H]1CCCC[C@H]1C)C(=O)Nc1ccc(S(=O)(=O)N2CCCC2)cc1. The number of amides is 1. The lowest BCUT2D eigenvalue weighted by atomic mass is 9.85. The number of carbonyl (C=O) groups excluding carboxylic acids is 1. The summed E-state index contributed by atoms with van der Waals surface area (Å²) in [6.45, 7) is 5.29. The van der Waals surface area contributed by atoms with Crippen molar-refractivity contribution < 1.29 is 13.2 Å². The second-order valence-electron chi connectivity index (χ2n) is 7.88. The first-order chi connectivity index (χ1) is 12.9. The molecule has 0 unspecified atom stereocenters. The fourth-order valence-corrected chi connectivity index (χ4v) is 5.52. The molecule has 1 saturated heterocycles. The minimum Gasteiger partial charge on any atom is -0.325 e. The van der Waals surface area contributed by atoms with Crippen LogP contribution in [0.3, 0.4) is 0 Å². The molecule has 1 aromatic rings. The standard InChI is InChI=1S/C20H31N3O3S/c1-15-7-3-4-8-19(15)21-16(2)20(24)22-17-9-11-18(12-10-17)27(25,26)23-13-5-6-14-23/h9-12,15-16,19,21H,3-8,13-14H2,1-2H3,(H,22,24)/t15-,16+,19+/m1/s1. The third kappa shape index (κ3) is 4.89. The molecule has 7 heteroatoms. The Balaban J connectivity index is 1.58. The summed E-state index contributed by atoms with van der Waals surface area (Å²) in [7, 11) is -3.42. The molecule has 1 amide bonds. The largest absolute Gasteiger partial charge is 0.325 e. The van der Waals surface area contributed by atoms with Crippen molar-refractivity contribution in [2.45, 2.75) is 69.4 Å². The van der Waals surface area contributed by atoms with Gasteiger partial charge in [0.15, 0.2) is 0 Å². The van der Waals surface area contributed by atoms with Gasteiger partial charge in [0.05, 0.1) is 10.9 Å². The van der Waals surface area contributed by atoms with Crippen molar-refractivity contribution in [3.8, 4) is 0 Å². The summed E-state index contributed by atoms with van der Waals surface area (Å²) >= 11 is 0. The molecule has 27 heavy (non-hydrogen) atoms. The Labute approximate surface area is 162 Å². The number of sulfonamides is 1. The minimum atomic E-state index is -3.42. The second-order valence-corrected chi connectivity index (χ2v) is 9.82. The average molecular weight is 394 g/mol. The van der Waals surface area contributed by atoms with Gasteiger partial charge in [-0.25, -0.2) is 8.42 Å². The van der Waals surface area contributed by atoms with E-state index in [1.807, 2.05) is 6.92 Å². The summed E-state index contributed by atoms with van der Waals surface area (Å²) in [4.78, 5) is 12.8. The van der Waals surface area contributed by atoms with Crippen LogP contribution in [0.2, 0.25) is 0 Å². The Bertz CT molecular complexity index is 742. The third-order valence-electron chi connectivity index (χ3n) is 5.79. The molecular weight excluding hydrogens is 362 g/mol. The van der Waals surface area contributed by atoms with Gasteiger partial charge in [-0.3, -0.25) is 4.79 Å². The molecule has 1 aliphatic carbocycles. The summed E-state index contributed by atoms with van der Waals surface area (Å²) in [6.07, 6.45) is 6.63. The molecule has 1 saturated carbocycles. The Morgan fingerprint density at radius 2 is 1.70 bits per heavy atom. The summed E-state index contributed by atoms with van der Waals surface area (Å²) < 4.78 is 26.6. The van der Waals surface area contributed by atoms with Crippen molar-refractivity contribution in [2.24, 2.45) is 5.92 Å². The summed E-state index contributed by atoms with van der Waals surface area (Å²) in [5.74, 6) is 0.493. The van der Waals surface area contributed by atoms with Gasteiger partial charge in [0.1, 0.15) is 0 Å². The van der Waals surface area contributed by atoms with E-state index < -0.39 is 10.0 Å². The monoisotopic (exact) mass is 393 g/mol. The van der Waals surface area contributed by atoms with Gasteiger partial charge in [-0.2, -0.15) is 4.31 Å². The molecule has 3 atom stereocenters. The highest BCUT2D eigenvalue weighted by atomic mass is 32.2. The maximum Gasteiger partial charge on any atom is 0.243 e. The van der Waals surface area contributed by atoms with E-state index in [9.17, 15) is 13.2 Å². The van der Waals surface area contributed by atoms with Crippen LogP contribution in [0, 0.1) is 5.92 Å². The first-order valence-electron chi connectivity index (χ1n) is 10.0. The van der Waals surface area contributed by atoms with Gasteiger partial charge >= 0.3 is 0 Å². The van der Waals surface area contributed by atoms with Crippen LogP contribution in [0.1, 0.15) is 52.4 Å². The van der Waals surface area contributed by atoms with Crippen LogP contribution in [0.15, 0.2) is 29.2 Å². The maximum atomic E-state index is 12.6. The van der Waals surface area contributed by atoms with Gasteiger partial charge in [0.2, 0.25) is 15.9 Å². The van der Waals surface area contributed by atoms with Crippen LogP contribution in [-0.2, 0) is 14.8 Å². The number of hydrogen-bond donors (Lipinski definition) is 2. The lowest BCUT2D eigenvalue weighted by Gasteiger charge is -2.31. The molecule has 1 aliphatic heterocycles. The number of benzene rings is 1. The van der Waals surface area contributed by atoms with Crippen LogP contribution >= 0.6 is 0 Å². The molecule has 0 bridgehead atoms. The van der Waals surface area contributed by atoms with Crippen LogP contribution in [-0.4, -0.2) is 43.8 Å². The smallest absolute Gasteiger partial charge is 0.243 e. The molecule has 150 valence electrons. The molecule has 1 aromatic carbocycles. The summed E-state index contributed by atoms with van der Waals surface area (Å²) in [6, 6.07) is 6.57. The normalized spacial score (nSPS) is 25.3. The first kappa shape index (κ1) is 20.3. The van der Waals surface area contributed by atoms with Gasteiger partial charge in [0.25, 0.3) is 0 Å². The summed E-state index contributed by atoms with van der Waals surface area (Å²) in [5.41, 5.74) is 0.616. The lowest BCUT2D eigenvalue weighted by Crippen LogP contribution is -2.47. The topological polar surface area (TPSA) is 78.5 Å². The van der Waals surface area contributed by atoms with Gasteiger partial charge < -0.3 is 10.6 Å². The van der Waals surface area contributed by atoms with Crippen molar-refractivity contribution >= 4 is 21.6 Å². The molecule has 0 aromatic heterocycles. The van der Waals surface area contributed by atoms with Crippen molar-refractivity contribution in [3.63, 3.8) is 0 Å². The van der Waals surface area contributed by atoms with E-state index in [1.54, 1.807) is 24.3 Å². The highest BCUT2D eigenvalue weighted by Crippen LogP contribution is 2.25. The minimum absolute atomic E-state index is 0.0945. The number of anilines is 1. The van der Waals surface area contributed by atoms with Crippen LogP contribution in [0.25, 0.3) is 0 Å². The van der Waals surface area contributed by atoms with Crippen molar-refractivity contribution in [1.82, 2.24) is 9.62 Å². The van der Waals surface area contributed by atoms with Crippen LogP contribution in [0.5, 0.6) is 0 Å². The Hall–Kier alpha value is -1.44. The number of rotatable bonds is 6. The number of nitrogens with one attached hydrogen (secondary N) is 2. The highest BCUT2D eigenvalue weighted by molar-refractivity contribution is 7.89. The Morgan fingerprint density at radius 3 is 2.33 bits per heavy atom. The molecule has 0 spiro atoms. The van der Waals surface area contributed by atoms with Crippen molar-refractivity contribution in [3.05, 3.63) is 24.3 Å². The number of nitrogens with zero attached hydrogens (tertiary/aromatic N) is 1. The van der Waals surface area contributed by atoms with E-state index in [0.29, 0.717) is 30.7 Å². The fraction of sp³-hybridized carbons (Fsp3) is 0.650. The molecule has 1 heterocycles. The molecule has 0 radical (unpaired) electrons. The number of carbonyl (C=O) groups is 1. The number of hydrogen-bond acceptors (Lipinski definition) is 4. The highest BCUT2D eigenvalue weighted by Gasteiger charge is 2.27. The van der Waals surface area contributed by atoms with E-state index in [4.69, 9.17) is 0 Å². The van der Waals surface area contributed by atoms with Gasteiger partial charge in [-0.05, 0) is 62.8 Å². The lowest BCUT2D eigenvalue weighted by molar-refractivity contribution is -0.118. The van der Waals surface area contributed by atoms with Gasteiger partial charge in [-0.1, -0.05) is 19.8 Å².